The van der Waals surface area contributed by atoms with Gasteiger partial charge in [0, 0.05) is 5.69 Å². The standard InChI is InChI=1S/C18H22N2O3/c1-13-11-15(9-10-16(13)23-3)20-17(21)19-12-18(2,22)14-7-5-4-6-8-14/h4-11,22H,12H2,1-3H3,(H2,19,20,21). The highest BCUT2D eigenvalue weighted by molar-refractivity contribution is 5.89. The molecule has 23 heavy (non-hydrogen) atoms. The normalized spacial score (nSPS) is 13.0. The van der Waals surface area contributed by atoms with Crippen LogP contribution >= 0.6 is 0 Å². The third-order valence-electron chi connectivity index (χ3n) is 3.64. The van der Waals surface area contributed by atoms with Gasteiger partial charge < -0.3 is 20.5 Å². The van der Waals surface area contributed by atoms with E-state index in [1.807, 2.05) is 43.3 Å². The molecule has 122 valence electrons. The summed E-state index contributed by atoms with van der Waals surface area (Å²) in [5.74, 6) is 0.767. The maximum Gasteiger partial charge on any atom is 0.319 e. The monoisotopic (exact) mass is 314 g/mol. The zero-order valence-corrected chi connectivity index (χ0v) is 13.6. The lowest BCUT2D eigenvalue weighted by atomic mass is 9.96. The van der Waals surface area contributed by atoms with Crippen LogP contribution in [0.3, 0.4) is 0 Å². The number of carbonyl (C=O) groups is 1. The van der Waals surface area contributed by atoms with Gasteiger partial charge in [0.05, 0.1) is 13.7 Å². The second-order valence-electron chi connectivity index (χ2n) is 5.63. The fourth-order valence-electron chi connectivity index (χ4n) is 2.28. The van der Waals surface area contributed by atoms with E-state index in [1.54, 1.807) is 26.2 Å². The van der Waals surface area contributed by atoms with Crippen molar-refractivity contribution in [3.8, 4) is 5.75 Å². The second-order valence-corrected chi connectivity index (χ2v) is 5.63. The minimum absolute atomic E-state index is 0.109. The summed E-state index contributed by atoms with van der Waals surface area (Å²) in [6.45, 7) is 3.68. The van der Waals surface area contributed by atoms with E-state index in [4.69, 9.17) is 4.74 Å². The van der Waals surface area contributed by atoms with Crippen molar-refractivity contribution in [3.63, 3.8) is 0 Å². The highest BCUT2D eigenvalue weighted by atomic mass is 16.5. The maximum absolute atomic E-state index is 12.0. The molecule has 0 aliphatic heterocycles. The predicted molar refractivity (Wildman–Crippen MR) is 90.8 cm³/mol. The summed E-state index contributed by atoms with van der Waals surface area (Å²) in [5, 5.41) is 15.9. The van der Waals surface area contributed by atoms with Crippen LogP contribution in [0.25, 0.3) is 0 Å². The van der Waals surface area contributed by atoms with Crippen LogP contribution < -0.4 is 15.4 Å². The van der Waals surface area contributed by atoms with E-state index in [0.29, 0.717) is 5.69 Å². The Morgan fingerprint density at radius 1 is 1.22 bits per heavy atom. The van der Waals surface area contributed by atoms with Gasteiger partial charge >= 0.3 is 6.03 Å². The first-order valence-corrected chi connectivity index (χ1v) is 7.40. The zero-order chi connectivity index (χ0) is 16.9. The number of hydrogen-bond acceptors (Lipinski definition) is 3. The molecule has 0 aliphatic rings. The van der Waals surface area contributed by atoms with Gasteiger partial charge in [-0.2, -0.15) is 0 Å². The van der Waals surface area contributed by atoms with Gasteiger partial charge in [0.2, 0.25) is 0 Å². The van der Waals surface area contributed by atoms with Crippen molar-refractivity contribution in [2.75, 3.05) is 19.0 Å². The van der Waals surface area contributed by atoms with Gasteiger partial charge in [0.15, 0.2) is 0 Å². The number of carbonyl (C=O) groups excluding carboxylic acids is 1. The summed E-state index contributed by atoms with van der Waals surface area (Å²) in [6.07, 6.45) is 0. The summed E-state index contributed by atoms with van der Waals surface area (Å²) in [4.78, 5) is 12.0. The lowest BCUT2D eigenvalue weighted by molar-refractivity contribution is 0.0599. The third-order valence-corrected chi connectivity index (χ3v) is 3.64. The number of aryl methyl sites for hydroxylation is 1. The van der Waals surface area contributed by atoms with E-state index in [-0.39, 0.29) is 12.6 Å². The minimum atomic E-state index is -1.13. The van der Waals surface area contributed by atoms with Crippen LogP contribution in [0.15, 0.2) is 48.5 Å². The molecule has 0 bridgehead atoms. The van der Waals surface area contributed by atoms with E-state index in [2.05, 4.69) is 10.6 Å². The number of aliphatic hydroxyl groups is 1. The highest BCUT2D eigenvalue weighted by Crippen LogP contribution is 2.22. The van der Waals surface area contributed by atoms with Gasteiger partial charge in [0.25, 0.3) is 0 Å². The lowest BCUT2D eigenvalue weighted by Crippen LogP contribution is -2.40. The first kappa shape index (κ1) is 16.8. The van der Waals surface area contributed by atoms with Gasteiger partial charge in [-0.1, -0.05) is 30.3 Å². The largest absolute Gasteiger partial charge is 0.496 e. The van der Waals surface area contributed by atoms with Crippen LogP contribution in [0.2, 0.25) is 0 Å². The number of rotatable bonds is 5. The molecule has 0 aromatic heterocycles. The Labute approximate surface area is 136 Å². The van der Waals surface area contributed by atoms with Gasteiger partial charge in [-0.3, -0.25) is 0 Å². The molecule has 5 nitrogen and oxygen atoms in total. The minimum Gasteiger partial charge on any atom is -0.496 e. The fraction of sp³-hybridized carbons (Fsp3) is 0.278. The van der Waals surface area contributed by atoms with Crippen molar-refractivity contribution in [1.82, 2.24) is 5.32 Å². The van der Waals surface area contributed by atoms with E-state index in [0.717, 1.165) is 16.9 Å². The van der Waals surface area contributed by atoms with E-state index >= 15 is 0 Å². The van der Waals surface area contributed by atoms with Crippen molar-refractivity contribution in [3.05, 3.63) is 59.7 Å². The number of nitrogens with one attached hydrogen (secondary N) is 2. The summed E-state index contributed by atoms with van der Waals surface area (Å²) in [7, 11) is 1.60. The molecule has 0 aliphatic carbocycles. The number of hydrogen-bond donors (Lipinski definition) is 3. The summed E-state index contributed by atoms with van der Waals surface area (Å²) >= 11 is 0. The van der Waals surface area contributed by atoms with Gasteiger partial charge in [0.1, 0.15) is 11.4 Å². The van der Waals surface area contributed by atoms with Crippen LogP contribution in [-0.2, 0) is 5.60 Å². The van der Waals surface area contributed by atoms with Crippen LogP contribution in [-0.4, -0.2) is 24.8 Å². The number of methoxy groups -OCH3 is 1. The molecular weight excluding hydrogens is 292 g/mol. The van der Waals surface area contributed by atoms with E-state index in [1.165, 1.54) is 0 Å². The first-order chi connectivity index (χ1) is 10.9. The molecule has 0 fully saturated rings. The number of ether oxygens (including phenoxy) is 1. The van der Waals surface area contributed by atoms with Crippen molar-refractivity contribution < 1.29 is 14.6 Å². The molecule has 5 heteroatoms. The molecule has 3 N–H and O–H groups in total. The predicted octanol–water partition coefficient (Wildman–Crippen LogP) is 3.03. The maximum atomic E-state index is 12.0. The molecule has 2 amide bonds. The molecule has 0 radical (unpaired) electrons. The fourth-order valence-corrected chi connectivity index (χ4v) is 2.28. The molecule has 1 unspecified atom stereocenters. The van der Waals surface area contributed by atoms with Gasteiger partial charge in [-0.05, 0) is 43.2 Å². The van der Waals surface area contributed by atoms with Gasteiger partial charge in [-0.25, -0.2) is 4.79 Å². The first-order valence-electron chi connectivity index (χ1n) is 7.40. The quantitative estimate of drug-likeness (QED) is 0.794. The van der Waals surface area contributed by atoms with Crippen LogP contribution in [0.1, 0.15) is 18.1 Å². The van der Waals surface area contributed by atoms with Crippen molar-refractivity contribution >= 4 is 11.7 Å². The Hall–Kier alpha value is -2.53. The summed E-state index contributed by atoms with van der Waals surface area (Å²) in [6, 6.07) is 14.3. The second kappa shape index (κ2) is 7.15. The third kappa shape index (κ3) is 4.47. The van der Waals surface area contributed by atoms with Crippen molar-refractivity contribution in [2.45, 2.75) is 19.4 Å². The number of anilines is 1. The van der Waals surface area contributed by atoms with Crippen molar-refractivity contribution in [1.29, 1.82) is 0 Å². The molecule has 0 saturated carbocycles. The Bertz CT molecular complexity index is 669. The van der Waals surface area contributed by atoms with Crippen LogP contribution in [0.4, 0.5) is 10.5 Å². The number of benzene rings is 2. The molecular formula is C18H22N2O3. The van der Waals surface area contributed by atoms with Crippen molar-refractivity contribution in [2.24, 2.45) is 0 Å². The molecule has 0 spiro atoms. The molecule has 2 aromatic carbocycles. The average Bonchev–Trinajstić information content (AvgIpc) is 2.54. The van der Waals surface area contributed by atoms with Crippen LogP contribution in [0.5, 0.6) is 5.75 Å². The summed E-state index contributed by atoms with van der Waals surface area (Å²) < 4.78 is 5.18. The Morgan fingerprint density at radius 3 is 2.52 bits per heavy atom. The molecule has 1 atom stereocenters. The molecule has 0 saturated heterocycles. The zero-order valence-electron chi connectivity index (χ0n) is 13.6. The number of amides is 2. The van der Waals surface area contributed by atoms with Gasteiger partial charge in [-0.15, -0.1) is 0 Å². The topological polar surface area (TPSA) is 70.6 Å². The average molecular weight is 314 g/mol. The van der Waals surface area contributed by atoms with E-state index in [9.17, 15) is 9.90 Å². The van der Waals surface area contributed by atoms with Crippen LogP contribution in [0, 0.1) is 6.92 Å². The Morgan fingerprint density at radius 2 is 1.91 bits per heavy atom. The molecule has 0 heterocycles. The highest BCUT2D eigenvalue weighted by Gasteiger charge is 2.23. The molecule has 2 rings (SSSR count). The summed E-state index contributed by atoms with van der Waals surface area (Å²) in [5.41, 5.74) is 1.22. The smallest absolute Gasteiger partial charge is 0.319 e. The Kier molecular flexibility index (Phi) is 5.24. The Balaban J connectivity index is 1.94. The SMILES string of the molecule is COc1ccc(NC(=O)NCC(C)(O)c2ccccc2)cc1C. The molecule has 2 aromatic rings. The number of urea groups is 1. The lowest BCUT2D eigenvalue weighted by Gasteiger charge is -2.24. The van der Waals surface area contributed by atoms with E-state index < -0.39 is 5.60 Å².